The number of aromatic carboxylic acids is 1. The van der Waals surface area contributed by atoms with Crippen LogP contribution in [0.3, 0.4) is 0 Å². The van der Waals surface area contributed by atoms with E-state index in [0.717, 1.165) is 42.3 Å². The third kappa shape index (κ3) is 2.43. The molecular formula is C16H22N2O2. The summed E-state index contributed by atoms with van der Waals surface area (Å²) < 4.78 is 2.21. The van der Waals surface area contributed by atoms with Crippen LogP contribution in [-0.4, -0.2) is 22.2 Å². The molecule has 2 aromatic rings. The number of carbonyl (C=O) groups is 1. The Kier molecular flexibility index (Phi) is 4.45. The van der Waals surface area contributed by atoms with Crippen LogP contribution < -0.4 is 5.73 Å². The molecule has 20 heavy (non-hydrogen) atoms. The fourth-order valence-electron chi connectivity index (χ4n) is 2.88. The van der Waals surface area contributed by atoms with Gasteiger partial charge in [0.15, 0.2) is 0 Å². The van der Waals surface area contributed by atoms with E-state index >= 15 is 0 Å². The van der Waals surface area contributed by atoms with Crippen LogP contribution in [0.2, 0.25) is 0 Å². The van der Waals surface area contributed by atoms with Gasteiger partial charge in [-0.2, -0.15) is 0 Å². The number of hydrogen-bond acceptors (Lipinski definition) is 2. The molecule has 0 amide bonds. The van der Waals surface area contributed by atoms with Gasteiger partial charge in [0.05, 0.1) is 5.56 Å². The summed E-state index contributed by atoms with van der Waals surface area (Å²) in [6.45, 7) is 5.67. The van der Waals surface area contributed by atoms with Gasteiger partial charge in [0.25, 0.3) is 0 Å². The second-order valence-electron chi connectivity index (χ2n) is 5.11. The van der Waals surface area contributed by atoms with Gasteiger partial charge in [-0.05, 0) is 44.0 Å². The van der Waals surface area contributed by atoms with Crippen molar-refractivity contribution in [1.29, 1.82) is 0 Å². The van der Waals surface area contributed by atoms with E-state index in [1.54, 1.807) is 6.07 Å². The zero-order valence-electron chi connectivity index (χ0n) is 12.1. The van der Waals surface area contributed by atoms with Crippen molar-refractivity contribution in [3.8, 4) is 0 Å². The van der Waals surface area contributed by atoms with Crippen LogP contribution in [0.25, 0.3) is 10.9 Å². The maximum atomic E-state index is 11.5. The fraction of sp³-hybridized carbons (Fsp3) is 0.438. The lowest BCUT2D eigenvalue weighted by Crippen LogP contribution is -2.07. The van der Waals surface area contributed by atoms with Gasteiger partial charge in [0, 0.05) is 23.1 Å². The minimum Gasteiger partial charge on any atom is -0.478 e. The molecule has 2 rings (SSSR count). The SMILES string of the molecule is CCCc1c(C)n(CCCN)c2cccc(C(=O)O)c12. The average Bonchev–Trinajstić information content (AvgIpc) is 2.70. The molecule has 0 saturated heterocycles. The third-order valence-corrected chi connectivity index (χ3v) is 3.79. The summed E-state index contributed by atoms with van der Waals surface area (Å²) in [5, 5.41) is 10.3. The highest BCUT2D eigenvalue weighted by atomic mass is 16.4. The lowest BCUT2D eigenvalue weighted by molar-refractivity contribution is 0.0699. The maximum absolute atomic E-state index is 11.5. The summed E-state index contributed by atoms with van der Waals surface area (Å²) in [4.78, 5) is 11.5. The Morgan fingerprint density at radius 2 is 2.15 bits per heavy atom. The fourth-order valence-corrected chi connectivity index (χ4v) is 2.88. The Labute approximate surface area is 119 Å². The van der Waals surface area contributed by atoms with Crippen LogP contribution in [0.15, 0.2) is 18.2 Å². The molecule has 0 bridgehead atoms. The largest absolute Gasteiger partial charge is 0.478 e. The Morgan fingerprint density at radius 3 is 2.75 bits per heavy atom. The number of nitrogens with zero attached hydrogens (tertiary/aromatic N) is 1. The monoisotopic (exact) mass is 274 g/mol. The second-order valence-corrected chi connectivity index (χ2v) is 5.11. The van der Waals surface area contributed by atoms with E-state index in [1.165, 1.54) is 5.69 Å². The van der Waals surface area contributed by atoms with Crippen LogP contribution >= 0.6 is 0 Å². The van der Waals surface area contributed by atoms with Crippen molar-refractivity contribution in [1.82, 2.24) is 4.57 Å². The number of aromatic nitrogens is 1. The van der Waals surface area contributed by atoms with Crippen LogP contribution in [-0.2, 0) is 13.0 Å². The number of carboxylic acid groups (broad SMARTS) is 1. The van der Waals surface area contributed by atoms with Gasteiger partial charge in [-0.25, -0.2) is 4.79 Å². The lowest BCUT2D eigenvalue weighted by atomic mass is 10.0. The summed E-state index contributed by atoms with van der Waals surface area (Å²) in [6.07, 6.45) is 2.81. The van der Waals surface area contributed by atoms with E-state index in [0.29, 0.717) is 12.1 Å². The van der Waals surface area contributed by atoms with Gasteiger partial charge < -0.3 is 15.4 Å². The minimum absolute atomic E-state index is 0.403. The Bertz CT molecular complexity index is 629. The quantitative estimate of drug-likeness (QED) is 0.851. The average molecular weight is 274 g/mol. The summed E-state index contributed by atoms with van der Waals surface area (Å²) in [5.74, 6) is -0.857. The molecule has 0 unspecified atom stereocenters. The van der Waals surface area contributed by atoms with Crippen LogP contribution in [0.1, 0.15) is 41.4 Å². The molecule has 0 aliphatic rings. The summed E-state index contributed by atoms with van der Waals surface area (Å²) in [5.41, 5.74) is 9.36. The molecule has 0 atom stereocenters. The van der Waals surface area contributed by atoms with Gasteiger partial charge in [0.1, 0.15) is 0 Å². The van der Waals surface area contributed by atoms with Crippen molar-refractivity contribution < 1.29 is 9.90 Å². The highest BCUT2D eigenvalue weighted by molar-refractivity contribution is 6.05. The first-order valence-corrected chi connectivity index (χ1v) is 7.15. The van der Waals surface area contributed by atoms with Gasteiger partial charge in [-0.3, -0.25) is 0 Å². The van der Waals surface area contributed by atoms with Crippen molar-refractivity contribution in [2.45, 2.75) is 39.7 Å². The van der Waals surface area contributed by atoms with Crippen molar-refractivity contribution in [2.75, 3.05) is 6.54 Å². The molecule has 3 N–H and O–H groups in total. The predicted molar refractivity (Wildman–Crippen MR) is 81.3 cm³/mol. The molecule has 1 aromatic heterocycles. The normalized spacial score (nSPS) is 11.2. The first-order valence-electron chi connectivity index (χ1n) is 7.15. The van der Waals surface area contributed by atoms with Gasteiger partial charge in [-0.15, -0.1) is 0 Å². The Morgan fingerprint density at radius 1 is 1.40 bits per heavy atom. The molecule has 1 aromatic carbocycles. The minimum atomic E-state index is -0.857. The van der Waals surface area contributed by atoms with Gasteiger partial charge in [-0.1, -0.05) is 19.4 Å². The zero-order chi connectivity index (χ0) is 14.7. The van der Waals surface area contributed by atoms with E-state index in [4.69, 9.17) is 5.73 Å². The number of aryl methyl sites for hydroxylation is 2. The van der Waals surface area contributed by atoms with Crippen molar-refractivity contribution >= 4 is 16.9 Å². The zero-order valence-corrected chi connectivity index (χ0v) is 12.1. The standard InChI is InChI=1S/C16H22N2O2/c1-3-6-12-11(2)18(10-5-9-17)14-8-4-7-13(15(12)14)16(19)20/h4,7-8H,3,5-6,9-10,17H2,1-2H3,(H,19,20). The lowest BCUT2D eigenvalue weighted by Gasteiger charge is -2.07. The molecule has 1 heterocycles. The highest BCUT2D eigenvalue weighted by Gasteiger charge is 2.18. The second kappa shape index (κ2) is 6.09. The van der Waals surface area contributed by atoms with Crippen molar-refractivity contribution in [3.05, 3.63) is 35.0 Å². The molecule has 4 nitrogen and oxygen atoms in total. The maximum Gasteiger partial charge on any atom is 0.336 e. The van der Waals surface area contributed by atoms with E-state index in [2.05, 4.69) is 18.4 Å². The van der Waals surface area contributed by atoms with Crippen molar-refractivity contribution in [3.63, 3.8) is 0 Å². The number of hydrogen-bond donors (Lipinski definition) is 2. The van der Waals surface area contributed by atoms with Crippen molar-refractivity contribution in [2.24, 2.45) is 5.73 Å². The number of benzene rings is 1. The molecule has 0 saturated carbocycles. The molecule has 108 valence electrons. The molecule has 0 spiro atoms. The van der Waals surface area contributed by atoms with Crippen LogP contribution in [0.4, 0.5) is 0 Å². The molecule has 0 aliphatic heterocycles. The number of fused-ring (bicyclic) bond motifs is 1. The van der Waals surface area contributed by atoms with E-state index in [-0.39, 0.29) is 0 Å². The molecule has 4 heteroatoms. The topological polar surface area (TPSA) is 68.2 Å². The molecule has 0 aliphatic carbocycles. The molecule has 0 fully saturated rings. The summed E-state index contributed by atoms with van der Waals surface area (Å²) in [6, 6.07) is 5.51. The van der Waals surface area contributed by atoms with Crippen LogP contribution in [0, 0.1) is 6.92 Å². The van der Waals surface area contributed by atoms with Crippen LogP contribution in [0.5, 0.6) is 0 Å². The number of nitrogens with two attached hydrogens (primary N) is 1. The smallest absolute Gasteiger partial charge is 0.336 e. The number of rotatable bonds is 6. The third-order valence-electron chi connectivity index (χ3n) is 3.79. The van der Waals surface area contributed by atoms with E-state index < -0.39 is 5.97 Å². The van der Waals surface area contributed by atoms with E-state index in [1.807, 2.05) is 12.1 Å². The van der Waals surface area contributed by atoms with Gasteiger partial charge >= 0.3 is 5.97 Å². The van der Waals surface area contributed by atoms with E-state index in [9.17, 15) is 9.90 Å². The molecule has 0 radical (unpaired) electrons. The molecular weight excluding hydrogens is 252 g/mol. The predicted octanol–water partition coefficient (Wildman–Crippen LogP) is 2.95. The summed E-state index contributed by atoms with van der Waals surface area (Å²) >= 11 is 0. The first kappa shape index (κ1) is 14.6. The number of carboxylic acids is 1. The Hall–Kier alpha value is -1.81. The Balaban J connectivity index is 2.72. The first-order chi connectivity index (χ1) is 9.61. The summed E-state index contributed by atoms with van der Waals surface area (Å²) in [7, 11) is 0. The van der Waals surface area contributed by atoms with Gasteiger partial charge in [0.2, 0.25) is 0 Å². The highest BCUT2D eigenvalue weighted by Crippen LogP contribution is 2.30.